The van der Waals surface area contributed by atoms with Crippen LogP contribution in [0.1, 0.15) is 34.3 Å². The zero-order valence-electron chi connectivity index (χ0n) is 14.7. The molecule has 1 aliphatic carbocycles. The van der Waals surface area contributed by atoms with Crippen LogP contribution in [0.5, 0.6) is 0 Å². The molecule has 5 nitrogen and oxygen atoms in total. The minimum Gasteiger partial charge on any atom is -0.351 e. The minimum atomic E-state index is -0.157. The quantitative estimate of drug-likeness (QED) is 0.657. The molecule has 3 aromatic rings. The molecular weight excluding hydrogens is 378 g/mol. The van der Waals surface area contributed by atoms with E-state index < -0.39 is 0 Å². The highest BCUT2D eigenvalue weighted by molar-refractivity contribution is 7.14. The molecule has 0 unspecified atom stereocenters. The molecule has 27 heavy (non-hydrogen) atoms. The van der Waals surface area contributed by atoms with Crippen LogP contribution in [0.3, 0.4) is 0 Å². The number of amides is 2. The first-order valence-electron chi connectivity index (χ1n) is 8.87. The minimum absolute atomic E-state index is 0.155. The highest BCUT2D eigenvalue weighted by Gasteiger charge is 2.14. The highest BCUT2D eigenvalue weighted by Crippen LogP contribution is 2.30. The van der Waals surface area contributed by atoms with Gasteiger partial charge in [-0.2, -0.15) is 11.3 Å². The summed E-state index contributed by atoms with van der Waals surface area (Å²) in [5, 5.41) is 11.7. The fourth-order valence-corrected chi connectivity index (χ4v) is 4.53. The molecule has 0 aliphatic heterocycles. The van der Waals surface area contributed by atoms with E-state index in [1.807, 2.05) is 10.8 Å². The van der Waals surface area contributed by atoms with Crippen molar-refractivity contribution < 1.29 is 9.59 Å². The van der Waals surface area contributed by atoms with Gasteiger partial charge in [-0.1, -0.05) is 12.1 Å². The summed E-state index contributed by atoms with van der Waals surface area (Å²) in [6, 6.07) is 8.26. The van der Waals surface area contributed by atoms with Crippen LogP contribution >= 0.6 is 22.7 Å². The van der Waals surface area contributed by atoms with Crippen LogP contribution in [0.15, 0.2) is 40.4 Å². The normalized spacial score (nSPS) is 12.6. The summed E-state index contributed by atoms with van der Waals surface area (Å²) < 4.78 is 0. The van der Waals surface area contributed by atoms with Crippen LogP contribution in [0, 0.1) is 0 Å². The number of aromatic nitrogens is 1. The second-order valence-electron chi connectivity index (χ2n) is 6.44. The predicted octanol–water partition coefficient (Wildman–Crippen LogP) is 4.12. The number of thiazole rings is 1. The molecule has 1 aliphatic rings. The molecule has 0 atom stereocenters. The zero-order valence-corrected chi connectivity index (χ0v) is 16.3. The number of carbonyl (C=O) groups is 2. The van der Waals surface area contributed by atoms with Crippen molar-refractivity contribution in [2.45, 2.75) is 25.7 Å². The fraction of sp³-hybridized carbons (Fsp3) is 0.250. The number of anilines is 1. The van der Waals surface area contributed by atoms with E-state index in [1.165, 1.54) is 40.2 Å². The average Bonchev–Trinajstić information content (AvgIpc) is 3.42. The van der Waals surface area contributed by atoms with Crippen LogP contribution in [0.4, 0.5) is 5.13 Å². The van der Waals surface area contributed by atoms with Gasteiger partial charge in [0.2, 0.25) is 5.91 Å². The van der Waals surface area contributed by atoms with Crippen molar-refractivity contribution in [3.05, 3.63) is 57.1 Å². The van der Waals surface area contributed by atoms with Gasteiger partial charge in [0.05, 0.1) is 5.69 Å². The Kier molecular flexibility index (Phi) is 5.31. The third kappa shape index (κ3) is 4.26. The molecule has 7 heteroatoms. The average molecular weight is 398 g/mol. The Morgan fingerprint density at radius 3 is 2.85 bits per heavy atom. The first-order valence-corrected chi connectivity index (χ1v) is 10.7. The Hall–Kier alpha value is -2.51. The lowest BCUT2D eigenvalue weighted by Crippen LogP contribution is -2.27. The number of aryl methyl sites for hydroxylation is 2. The number of benzene rings is 1. The molecule has 2 heterocycles. The van der Waals surface area contributed by atoms with Gasteiger partial charge in [-0.25, -0.2) is 4.98 Å². The second-order valence-corrected chi connectivity index (χ2v) is 8.08. The topological polar surface area (TPSA) is 71.1 Å². The molecule has 2 N–H and O–H groups in total. The standard InChI is InChI=1S/C20H19N3O2S2/c24-18(6-8-21-19(25)16-7-9-26-11-16)23-20-22-17(12-27-20)15-5-4-13-2-1-3-14(13)10-15/h4-5,7,9-12H,1-3,6,8H2,(H,21,25)(H,22,23,24). The first-order chi connectivity index (χ1) is 13.2. The number of rotatable bonds is 6. The maximum absolute atomic E-state index is 12.1. The van der Waals surface area contributed by atoms with Gasteiger partial charge in [0.25, 0.3) is 5.91 Å². The van der Waals surface area contributed by atoms with Gasteiger partial charge in [0.1, 0.15) is 0 Å². The zero-order chi connectivity index (χ0) is 18.6. The molecule has 0 saturated heterocycles. The van der Waals surface area contributed by atoms with Crippen molar-refractivity contribution in [1.82, 2.24) is 10.3 Å². The Labute approximate surface area is 165 Å². The van der Waals surface area contributed by atoms with Crippen molar-refractivity contribution >= 4 is 39.6 Å². The van der Waals surface area contributed by atoms with Crippen molar-refractivity contribution in [3.63, 3.8) is 0 Å². The van der Waals surface area contributed by atoms with Gasteiger partial charge in [-0.3, -0.25) is 9.59 Å². The lowest BCUT2D eigenvalue weighted by atomic mass is 10.1. The SMILES string of the molecule is O=C(CCNC(=O)c1ccsc1)Nc1nc(-c2ccc3c(c2)CCC3)cs1. The Bertz CT molecular complexity index is 964. The lowest BCUT2D eigenvalue weighted by Gasteiger charge is -2.04. The molecule has 2 aromatic heterocycles. The third-order valence-corrected chi connectivity index (χ3v) is 6.01. The molecular formula is C20H19N3O2S2. The van der Waals surface area contributed by atoms with Gasteiger partial charge in [-0.15, -0.1) is 11.3 Å². The lowest BCUT2D eigenvalue weighted by molar-refractivity contribution is -0.116. The monoisotopic (exact) mass is 397 g/mol. The molecule has 0 radical (unpaired) electrons. The largest absolute Gasteiger partial charge is 0.351 e. The molecule has 0 fully saturated rings. The van der Waals surface area contributed by atoms with Gasteiger partial charge in [-0.05, 0) is 47.9 Å². The Balaban J connectivity index is 1.30. The molecule has 0 saturated carbocycles. The molecule has 0 spiro atoms. The van der Waals surface area contributed by atoms with E-state index in [4.69, 9.17) is 0 Å². The maximum Gasteiger partial charge on any atom is 0.252 e. The van der Waals surface area contributed by atoms with Crippen molar-refractivity contribution in [2.24, 2.45) is 0 Å². The first kappa shape index (κ1) is 17.9. The van der Waals surface area contributed by atoms with Crippen molar-refractivity contribution in [1.29, 1.82) is 0 Å². The smallest absolute Gasteiger partial charge is 0.252 e. The second kappa shape index (κ2) is 8.02. The highest BCUT2D eigenvalue weighted by atomic mass is 32.1. The van der Waals surface area contributed by atoms with E-state index in [0.717, 1.165) is 24.1 Å². The number of nitrogens with one attached hydrogen (secondary N) is 2. The van der Waals surface area contributed by atoms with Crippen molar-refractivity contribution in [2.75, 3.05) is 11.9 Å². The molecule has 4 rings (SSSR count). The number of carbonyl (C=O) groups excluding carboxylic acids is 2. The number of nitrogens with zero attached hydrogens (tertiary/aromatic N) is 1. The molecule has 0 bridgehead atoms. The van der Waals surface area contributed by atoms with E-state index in [-0.39, 0.29) is 18.2 Å². The predicted molar refractivity (Wildman–Crippen MR) is 109 cm³/mol. The van der Waals surface area contributed by atoms with Crippen molar-refractivity contribution in [3.8, 4) is 11.3 Å². The molecule has 2 amide bonds. The van der Waals surface area contributed by atoms with E-state index in [9.17, 15) is 9.59 Å². The summed E-state index contributed by atoms with van der Waals surface area (Å²) in [4.78, 5) is 28.5. The number of thiophene rings is 1. The van der Waals surface area contributed by atoms with Gasteiger partial charge >= 0.3 is 0 Å². The van der Waals surface area contributed by atoms with E-state index in [2.05, 4.69) is 33.8 Å². The summed E-state index contributed by atoms with van der Waals surface area (Å²) in [7, 11) is 0. The van der Waals surface area contributed by atoms with Crippen LogP contribution in [0.25, 0.3) is 11.3 Å². The molecule has 138 valence electrons. The Morgan fingerprint density at radius 2 is 2.00 bits per heavy atom. The van der Waals surface area contributed by atoms with Gasteiger partial charge < -0.3 is 10.6 Å². The molecule has 1 aromatic carbocycles. The van der Waals surface area contributed by atoms with Crippen LogP contribution in [0.2, 0.25) is 0 Å². The van der Waals surface area contributed by atoms with E-state index in [0.29, 0.717) is 17.2 Å². The third-order valence-electron chi connectivity index (χ3n) is 4.57. The van der Waals surface area contributed by atoms with Gasteiger partial charge in [0.15, 0.2) is 5.13 Å². The number of hydrogen-bond acceptors (Lipinski definition) is 5. The van der Waals surface area contributed by atoms with E-state index >= 15 is 0 Å². The van der Waals surface area contributed by atoms with Gasteiger partial charge in [0, 0.05) is 34.9 Å². The van der Waals surface area contributed by atoms with E-state index in [1.54, 1.807) is 11.4 Å². The fourth-order valence-electron chi connectivity index (χ4n) is 3.16. The van der Waals surface area contributed by atoms with Crippen LogP contribution in [-0.2, 0) is 17.6 Å². The summed E-state index contributed by atoms with van der Waals surface area (Å²) in [5.74, 6) is -0.312. The van der Waals surface area contributed by atoms with Crippen LogP contribution in [-0.4, -0.2) is 23.3 Å². The summed E-state index contributed by atoms with van der Waals surface area (Å²) in [6.45, 7) is 0.295. The number of fused-ring (bicyclic) bond motifs is 1. The summed E-state index contributed by atoms with van der Waals surface area (Å²) >= 11 is 2.88. The number of hydrogen-bond donors (Lipinski definition) is 2. The maximum atomic E-state index is 12.1. The summed E-state index contributed by atoms with van der Waals surface area (Å²) in [6.07, 6.45) is 3.73. The van der Waals surface area contributed by atoms with Crippen LogP contribution < -0.4 is 10.6 Å². The Morgan fingerprint density at radius 1 is 1.11 bits per heavy atom. The summed E-state index contributed by atoms with van der Waals surface area (Å²) in [5.41, 5.74) is 5.45.